The van der Waals surface area contributed by atoms with Gasteiger partial charge in [-0.3, -0.25) is 0 Å². The van der Waals surface area contributed by atoms with Crippen LogP contribution in [0.4, 0.5) is 16.3 Å². The van der Waals surface area contributed by atoms with E-state index in [1.54, 1.807) is 0 Å². The molecule has 1 heterocycles. The highest BCUT2D eigenvalue weighted by molar-refractivity contribution is 5.26. The van der Waals surface area contributed by atoms with Crippen molar-refractivity contribution >= 4 is 11.9 Å². The van der Waals surface area contributed by atoms with Gasteiger partial charge in [0.25, 0.3) is 0 Å². The Bertz CT molecular complexity index is 278. The zero-order valence-corrected chi connectivity index (χ0v) is 6.24. The van der Waals surface area contributed by atoms with E-state index in [1.807, 2.05) is 0 Å². The lowest BCUT2D eigenvalue weighted by atomic mass is 10.4. The van der Waals surface area contributed by atoms with E-state index in [0.29, 0.717) is 12.2 Å². The van der Waals surface area contributed by atoms with Gasteiger partial charge in [0.05, 0.1) is 6.33 Å². The molecule has 0 unspecified atom stereocenters. The monoisotopic (exact) mass is 169 g/mol. The molecule has 0 aromatic carbocycles. The summed E-state index contributed by atoms with van der Waals surface area (Å²) >= 11 is 0. The van der Waals surface area contributed by atoms with Crippen LogP contribution in [-0.4, -0.2) is 15.0 Å². The first kappa shape index (κ1) is 8.38. The quantitative estimate of drug-likeness (QED) is 0.653. The molecule has 0 fully saturated rings. The summed E-state index contributed by atoms with van der Waals surface area (Å²) in [6, 6.07) is 0. The third-order valence-electron chi connectivity index (χ3n) is 1.11. The highest BCUT2D eigenvalue weighted by Gasteiger charge is 1.98. The van der Waals surface area contributed by atoms with E-state index in [4.69, 9.17) is 11.5 Å². The lowest BCUT2D eigenvalue weighted by Crippen LogP contribution is -2.06. The topological polar surface area (TPSA) is 90.7 Å². The van der Waals surface area contributed by atoms with Crippen molar-refractivity contribution in [3.05, 3.63) is 18.2 Å². The third-order valence-corrected chi connectivity index (χ3v) is 1.11. The maximum Gasteiger partial charge on any atom is 0.225 e. The van der Waals surface area contributed by atoms with Gasteiger partial charge in [0.1, 0.15) is 5.82 Å². The Hall–Kier alpha value is -1.72. The highest BCUT2D eigenvalue weighted by Crippen LogP contribution is 1.99. The van der Waals surface area contributed by atoms with Gasteiger partial charge in [-0.2, -0.15) is 15.0 Å². The van der Waals surface area contributed by atoms with Gasteiger partial charge in [-0.25, -0.2) is 4.39 Å². The summed E-state index contributed by atoms with van der Waals surface area (Å²) < 4.78 is 11.6. The van der Waals surface area contributed by atoms with Gasteiger partial charge in [0.2, 0.25) is 11.9 Å². The van der Waals surface area contributed by atoms with Gasteiger partial charge >= 0.3 is 0 Å². The summed E-state index contributed by atoms with van der Waals surface area (Å²) in [5.74, 6) is 0.448. The molecule has 6 heteroatoms. The molecule has 1 aromatic heterocycles. The van der Waals surface area contributed by atoms with Crippen molar-refractivity contribution in [1.29, 1.82) is 0 Å². The van der Waals surface area contributed by atoms with E-state index < -0.39 is 0 Å². The largest absolute Gasteiger partial charge is 0.368 e. The molecule has 0 saturated heterocycles. The van der Waals surface area contributed by atoms with Crippen molar-refractivity contribution in [1.82, 2.24) is 15.0 Å². The fourth-order valence-electron chi connectivity index (χ4n) is 0.698. The first-order valence-corrected chi connectivity index (χ1v) is 3.23. The molecule has 0 atom stereocenters. The average molecular weight is 169 g/mol. The predicted molar refractivity (Wildman–Crippen MR) is 42.6 cm³/mol. The summed E-state index contributed by atoms with van der Waals surface area (Å²) in [4.78, 5) is 11.0. The third kappa shape index (κ3) is 2.15. The van der Waals surface area contributed by atoms with Gasteiger partial charge in [-0.15, -0.1) is 0 Å². The Morgan fingerprint density at radius 2 is 1.75 bits per heavy atom. The SMILES string of the molecule is Nc1nc(N)nc(CC=CF)n1. The number of anilines is 2. The second-order valence-corrected chi connectivity index (χ2v) is 2.03. The fourth-order valence-corrected chi connectivity index (χ4v) is 0.698. The minimum absolute atomic E-state index is 0.0461. The molecule has 0 aliphatic rings. The maximum absolute atomic E-state index is 11.6. The molecule has 64 valence electrons. The maximum atomic E-state index is 11.6. The minimum Gasteiger partial charge on any atom is -0.368 e. The van der Waals surface area contributed by atoms with Crippen molar-refractivity contribution in [3.63, 3.8) is 0 Å². The molecule has 0 radical (unpaired) electrons. The number of rotatable bonds is 2. The number of halogens is 1. The van der Waals surface area contributed by atoms with Crippen molar-refractivity contribution in [2.24, 2.45) is 0 Å². The van der Waals surface area contributed by atoms with Crippen LogP contribution in [0.1, 0.15) is 5.82 Å². The number of allylic oxidation sites excluding steroid dienone is 1. The molecule has 0 aliphatic carbocycles. The summed E-state index contributed by atoms with van der Waals surface area (Å²) in [5.41, 5.74) is 10.5. The molecule has 0 bridgehead atoms. The molecule has 1 rings (SSSR count). The number of hydrogen-bond acceptors (Lipinski definition) is 5. The van der Waals surface area contributed by atoms with Crippen molar-refractivity contribution in [2.75, 3.05) is 11.5 Å². The van der Waals surface area contributed by atoms with Crippen LogP contribution in [0.3, 0.4) is 0 Å². The summed E-state index contributed by atoms with van der Waals surface area (Å²) in [7, 11) is 0. The second kappa shape index (κ2) is 3.61. The number of hydrogen-bond donors (Lipinski definition) is 2. The van der Waals surface area contributed by atoms with Gasteiger partial charge in [0, 0.05) is 6.42 Å². The van der Waals surface area contributed by atoms with Crippen LogP contribution in [0.2, 0.25) is 0 Å². The van der Waals surface area contributed by atoms with E-state index in [0.717, 1.165) is 0 Å². The van der Waals surface area contributed by atoms with E-state index >= 15 is 0 Å². The van der Waals surface area contributed by atoms with Crippen LogP contribution in [0, 0.1) is 0 Å². The Morgan fingerprint density at radius 1 is 1.17 bits per heavy atom. The Balaban J connectivity index is 2.85. The minimum atomic E-state index is 0.0461. The number of nitrogen functional groups attached to an aromatic ring is 2. The molecule has 4 N–H and O–H groups in total. The second-order valence-electron chi connectivity index (χ2n) is 2.03. The molecular formula is C6H8FN5. The number of nitrogens with zero attached hydrogens (tertiary/aromatic N) is 3. The smallest absolute Gasteiger partial charge is 0.225 e. The highest BCUT2D eigenvalue weighted by atomic mass is 19.1. The molecular weight excluding hydrogens is 161 g/mol. The van der Waals surface area contributed by atoms with Crippen molar-refractivity contribution in [3.8, 4) is 0 Å². The van der Waals surface area contributed by atoms with E-state index in [1.165, 1.54) is 6.08 Å². The first-order chi connectivity index (χ1) is 5.72. The molecule has 0 aliphatic heterocycles. The Morgan fingerprint density at radius 3 is 2.25 bits per heavy atom. The molecule has 12 heavy (non-hydrogen) atoms. The van der Waals surface area contributed by atoms with Crippen molar-refractivity contribution < 1.29 is 4.39 Å². The van der Waals surface area contributed by atoms with Gasteiger partial charge < -0.3 is 11.5 Å². The normalized spacial score (nSPS) is 10.8. The molecule has 5 nitrogen and oxygen atoms in total. The van der Waals surface area contributed by atoms with E-state index in [2.05, 4.69) is 15.0 Å². The Labute approximate surface area is 68.3 Å². The summed E-state index contributed by atoms with van der Waals surface area (Å²) in [6.45, 7) is 0. The Kier molecular flexibility index (Phi) is 2.52. The average Bonchev–Trinajstić information content (AvgIpc) is 1.99. The number of aromatic nitrogens is 3. The van der Waals surface area contributed by atoms with E-state index in [-0.39, 0.29) is 18.3 Å². The fraction of sp³-hybridized carbons (Fsp3) is 0.167. The predicted octanol–water partition coefficient (Wildman–Crippen LogP) is 0.0617. The number of nitrogens with two attached hydrogens (primary N) is 2. The van der Waals surface area contributed by atoms with Crippen molar-refractivity contribution in [2.45, 2.75) is 6.42 Å². The van der Waals surface area contributed by atoms with Crippen LogP contribution in [0.5, 0.6) is 0 Å². The van der Waals surface area contributed by atoms with Crippen LogP contribution in [0.25, 0.3) is 0 Å². The molecule has 1 aromatic rings. The summed E-state index contributed by atoms with van der Waals surface area (Å²) in [5, 5.41) is 0. The van der Waals surface area contributed by atoms with Crippen LogP contribution in [0.15, 0.2) is 12.4 Å². The van der Waals surface area contributed by atoms with Gasteiger partial charge in [-0.05, 0) is 6.08 Å². The van der Waals surface area contributed by atoms with E-state index in [9.17, 15) is 4.39 Å². The first-order valence-electron chi connectivity index (χ1n) is 3.23. The van der Waals surface area contributed by atoms with Crippen LogP contribution >= 0.6 is 0 Å². The van der Waals surface area contributed by atoms with Crippen LogP contribution < -0.4 is 11.5 Å². The molecule has 0 amide bonds. The summed E-state index contributed by atoms with van der Waals surface area (Å²) in [6.07, 6.45) is 1.93. The van der Waals surface area contributed by atoms with Gasteiger partial charge in [0.15, 0.2) is 0 Å². The lowest BCUT2D eigenvalue weighted by Gasteiger charge is -1.97. The standard InChI is InChI=1S/C6H8FN5/c7-3-1-2-4-10-5(8)12-6(9)11-4/h1,3H,2H2,(H4,8,9,10,11,12). The lowest BCUT2D eigenvalue weighted by molar-refractivity contribution is 0.715. The van der Waals surface area contributed by atoms with Crippen LogP contribution in [-0.2, 0) is 6.42 Å². The molecule has 0 spiro atoms. The molecule has 0 saturated carbocycles. The zero-order chi connectivity index (χ0) is 8.97. The zero-order valence-electron chi connectivity index (χ0n) is 6.24. The van der Waals surface area contributed by atoms with Gasteiger partial charge in [-0.1, -0.05) is 0 Å².